The van der Waals surface area contributed by atoms with E-state index in [1.54, 1.807) is 0 Å². The van der Waals surface area contributed by atoms with Gasteiger partial charge in [0.05, 0.1) is 11.7 Å². The van der Waals surface area contributed by atoms with Gasteiger partial charge in [-0.05, 0) is 31.2 Å². The largest absolute Gasteiger partial charge is 0.370 e. The maximum atomic E-state index is 6.42. The molecule has 0 amide bonds. The van der Waals surface area contributed by atoms with Crippen LogP contribution in [0.5, 0.6) is 0 Å². The van der Waals surface area contributed by atoms with E-state index in [1.165, 1.54) is 50.5 Å². The minimum atomic E-state index is 0.216. The van der Waals surface area contributed by atoms with Gasteiger partial charge in [0.2, 0.25) is 0 Å². The van der Waals surface area contributed by atoms with Gasteiger partial charge >= 0.3 is 0 Å². The summed E-state index contributed by atoms with van der Waals surface area (Å²) in [6.07, 6.45) is 9.40. The number of hydrogen-bond donors (Lipinski definition) is 1. The molecule has 1 aromatic carbocycles. The molecule has 2 atom stereocenters. The van der Waals surface area contributed by atoms with Crippen molar-refractivity contribution in [2.24, 2.45) is 0 Å². The van der Waals surface area contributed by atoms with Crippen molar-refractivity contribution in [2.45, 2.75) is 62.7 Å². The second-order valence-electron chi connectivity index (χ2n) is 6.55. The molecule has 0 aromatic heterocycles. The van der Waals surface area contributed by atoms with Crippen molar-refractivity contribution >= 4 is 11.6 Å². The lowest BCUT2D eigenvalue weighted by Crippen LogP contribution is -2.36. The summed E-state index contributed by atoms with van der Waals surface area (Å²) in [7, 11) is 0. The number of halogens is 1. The highest BCUT2D eigenvalue weighted by atomic mass is 35.5. The van der Waals surface area contributed by atoms with Crippen LogP contribution in [-0.4, -0.2) is 24.1 Å². The topological polar surface area (TPSA) is 21.3 Å². The van der Waals surface area contributed by atoms with Gasteiger partial charge in [-0.25, -0.2) is 0 Å². The van der Waals surface area contributed by atoms with Gasteiger partial charge in [0.15, 0.2) is 0 Å². The molecule has 1 aliphatic heterocycles. The van der Waals surface area contributed by atoms with Gasteiger partial charge in [0.1, 0.15) is 0 Å². The van der Waals surface area contributed by atoms with Gasteiger partial charge in [0.25, 0.3) is 0 Å². The van der Waals surface area contributed by atoms with E-state index in [4.69, 9.17) is 16.3 Å². The van der Waals surface area contributed by atoms with Gasteiger partial charge in [-0.1, -0.05) is 49.6 Å². The lowest BCUT2D eigenvalue weighted by atomic mass is 9.83. The maximum absolute atomic E-state index is 6.42. The van der Waals surface area contributed by atoms with Crippen molar-refractivity contribution in [1.82, 2.24) is 5.32 Å². The Kier molecular flexibility index (Phi) is 5.20. The molecule has 2 nitrogen and oxygen atoms in total. The second-order valence-corrected chi connectivity index (χ2v) is 6.86. The number of nitrogens with one attached hydrogen (secondary N) is 1. The summed E-state index contributed by atoms with van der Waals surface area (Å²) in [4.78, 5) is 0. The number of hydrogen-bond acceptors (Lipinski definition) is 2. The van der Waals surface area contributed by atoms with E-state index >= 15 is 0 Å². The summed E-state index contributed by atoms with van der Waals surface area (Å²) in [5, 5.41) is 3.59. The molecule has 116 valence electrons. The minimum Gasteiger partial charge on any atom is -0.370 e. The van der Waals surface area contributed by atoms with Crippen molar-refractivity contribution in [3.8, 4) is 0 Å². The second kappa shape index (κ2) is 7.13. The molecule has 1 heterocycles. The smallest absolute Gasteiger partial charge is 0.0708 e. The summed E-state index contributed by atoms with van der Waals surface area (Å²) in [6, 6.07) is 10.7. The molecule has 1 aromatic rings. The Labute approximate surface area is 133 Å². The summed E-state index contributed by atoms with van der Waals surface area (Å²) >= 11 is 6.13. The minimum absolute atomic E-state index is 0.216. The molecular formula is C18H26ClNO. The molecule has 2 aliphatic rings. The Bertz CT molecular complexity index is 430. The first-order valence-electron chi connectivity index (χ1n) is 8.33. The molecule has 1 spiro atoms. The average Bonchev–Trinajstić information content (AvgIpc) is 2.92. The first-order valence-corrected chi connectivity index (χ1v) is 8.87. The molecule has 0 bridgehead atoms. The molecule has 1 saturated heterocycles. The van der Waals surface area contributed by atoms with Crippen LogP contribution in [0.2, 0.25) is 0 Å². The van der Waals surface area contributed by atoms with E-state index in [0.29, 0.717) is 12.0 Å². The Morgan fingerprint density at radius 3 is 2.62 bits per heavy atom. The van der Waals surface area contributed by atoms with Crippen LogP contribution in [0.15, 0.2) is 30.3 Å². The summed E-state index contributed by atoms with van der Waals surface area (Å²) < 4.78 is 6.42. The van der Waals surface area contributed by atoms with Crippen LogP contribution in [0, 0.1) is 0 Å². The van der Waals surface area contributed by atoms with Crippen molar-refractivity contribution in [2.75, 3.05) is 12.4 Å². The lowest BCUT2D eigenvalue weighted by Gasteiger charge is -2.33. The number of alkyl halides is 1. The molecular weight excluding hydrogens is 282 g/mol. The predicted octanol–water partition coefficient (Wildman–Crippen LogP) is 4.44. The van der Waals surface area contributed by atoms with Crippen LogP contribution in [0.25, 0.3) is 0 Å². The van der Waals surface area contributed by atoms with Crippen LogP contribution >= 0.6 is 11.6 Å². The van der Waals surface area contributed by atoms with Gasteiger partial charge < -0.3 is 10.1 Å². The van der Waals surface area contributed by atoms with Crippen molar-refractivity contribution in [3.63, 3.8) is 0 Å². The zero-order chi connectivity index (χ0) is 14.5. The SMILES string of the molecule is ClCC(NCC1CCC2(CCCCC2)O1)c1ccccc1. The normalized spacial score (nSPS) is 26.0. The van der Waals surface area contributed by atoms with Crippen molar-refractivity contribution < 1.29 is 4.74 Å². The van der Waals surface area contributed by atoms with E-state index < -0.39 is 0 Å². The monoisotopic (exact) mass is 307 g/mol. The molecule has 2 unspecified atom stereocenters. The third-order valence-electron chi connectivity index (χ3n) is 5.05. The van der Waals surface area contributed by atoms with Crippen LogP contribution in [0.1, 0.15) is 56.6 Å². The fourth-order valence-corrected chi connectivity index (χ4v) is 4.11. The molecule has 3 rings (SSSR count). The quantitative estimate of drug-likeness (QED) is 0.812. The summed E-state index contributed by atoms with van der Waals surface area (Å²) in [6.45, 7) is 0.911. The summed E-state index contributed by atoms with van der Waals surface area (Å²) in [5.41, 5.74) is 1.48. The van der Waals surface area contributed by atoms with Crippen molar-refractivity contribution in [3.05, 3.63) is 35.9 Å². The van der Waals surface area contributed by atoms with Crippen molar-refractivity contribution in [1.29, 1.82) is 0 Å². The summed E-state index contributed by atoms with van der Waals surface area (Å²) in [5.74, 6) is 0.599. The first-order chi connectivity index (χ1) is 10.3. The number of benzene rings is 1. The fourth-order valence-electron chi connectivity index (χ4n) is 3.82. The Balaban J connectivity index is 1.51. The molecule has 3 heteroatoms. The van der Waals surface area contributed by atoms with E-state index in [1.807, 2.05) is 6.07 Å². The highest BCUT2D eigenvalue weighted by molar-refractivity contribution is 6.18. The zero-order valence-corrected chi connectivity index (χ0v) is 13.4. The average molecular weight is 308 g/mol. The molecule has 2 fully saturated rings. The standard InChI is InChI=1S/C18H26ClNO/c19-13-17(15-7-3-1-4-8-15)20-14-16-9-12-18(21-16)10-5-2-6-11-18/h1,3-4,7-8,16-17,20H,2,5-6,9-14H2. The maximum Gasteiger partial charge on any atom is 0.0708 e. The molecule has 1 saturated carbocycles. The van der Waals surface area contributed by atoms with Crippen LogP contribution in [-0.2, 0) is 4.74 Å². The zero-order valence-electron chi connectivity index (χ0n) is 12.7. The highest BCUT2D eigenvalue weighted by Crippen LogP contribution is 2.41. The molecule has 0 radical (unpaired) electrons. The molecule has 1 aliphatic carbocycles. The number of rotatable bonds is 5. The highest BCUT2D eigenvalue weighted by Gasteiger charge is 2.40. The van der Waals surface area contributed by atoms with Gasteiger partial charge in [-0.2, -0.15) is 0 Å². The third kappa shape index (κ3) is 3.80. The Hall–Kier alpha value is -0.570. The Morgan fingerprint density at radius 1 is 1.14 bits per heavy atom. The van der Waals surface area contributed by atoms with Gasteiger partial charge in [-0.15, -0.1) is 11.6 Å². The molecule has 21 heavy (non-hydrogen) atoms. The van der Waals surface area contributed by atoms with E-state index in [9.17, 15) is 0 Å². The third-order valence-corrected chi connectivity index (χ3v) is 5.36. The van der Waals surface area contributed by atoms with Gasteiger partial charge in [-0.3, -0.25) is 0 Å². The van der Waals surface area contributed by atoms with E-state index in [2.05, 4.69) is 29.6 Å². The predicted molar refractivity (Wildman–Crippen MR) is 87.8 cm³/mol. The first kappa shape index (κ1) is 15.3. The van der Waals surface area contributed by atoms with Crippen LogP contribution in [0.4, 0.5) is 0 Å². The van der Waals surface area contributed by atoms with E-state index in [-0.39, 0.29) is 11.6 Å². The lowest BCUT2D eigenvalue weighted by molar-refractivity contribution is -0.0628. The van der Waals surface area contributed by atoms with Crippen LogP contribution in [0.3, 0.4) is 0 Å². The fraction of sp³-hybridized carbons (Fsp3) is 0.667. The van der Waals surface area contributed by atoms with Gasteiger partial charge in [0, 0.05) is 18.5 Å². The van der Waals surface area contributed by atoms with Crippen LogP contribution < -0.4 is 5.32 Å². The number of ether oxygens (including phenoxy) is 1. The van der Waals surface area contributed by atoms with E-state index in [0.717, 1.165) is 6.54 Å². The molecule has 1 N–H and O–H groups in total. The Morgan fingerprint density at radius 2 is 1.90 bits per heavy atom.